The number of pyridine rings is 1. The van der Waals surface area contributed by atoms with Crippen molar-refractivity contribution in [2.75, 3.05) is 18.5 Å². The van der Waals surface area contributed by atoms with Crippen LogP contribution in [0.4, 0.5) is 5.69 Å². The normalized spacial score (nSPS) is 13.3. The van der Waals surface area contributed by atoms with Gasteiger partial charge in [-0.1, -0.05) is 30.3 Å². The Hall–Kier alpha value is -3.88. The number of hydrogen-bond donors (Lipinski definition) is 2. The minimum Gasteiger partial charge on any atom is -0.355 e. The second-order valence-corrected chi connectivity index (χ2v) is 9.40. The third-order valence-electron chi connectivity index (χ3n) is 6.45. The van der Waals surface area contributed by atoms with Crippen LogP contribution in [-0.2, 0) is 24.2 Å². The average Bonchev–Trinajstić information content (AvgIpc) is 3.61. The number of amides is 2. The molecule has 3 heterocycles. The number of anilines is 1. The molecule has 182 valence electrons. The molecule has 5 rings (SSSR count). The molecule has 0 aliphatic carbocycles. The molecule has 0 spiro atoms. The van der Waals surface area contributed by atoms with Crippen molar-refractivity contribution in [2.24, 2.45) is 0 Å². The number of benzene rings is 2. The molecule has 8 heteroatoms. The molecule has 1 aliphatic rings. The first-order valence-corrected chi connectivity index (χ1v) is 12.8. The fourth-order valence-corrected chi connectivity index (χ4v) is 5.18. The van der Waals surface area contributed by atoms with E-state index in [1.807, 2.05) is 64.9 Å². The first kappa shape index (κ1) is 23.8. The number of nitrogens with one attached hydrogen (secondary N) is 2. The molecular weight excluding hydrogens is 470 g/mol. The second-order valence-electron chi connectivity index (χ2n) is 8.68. The van der Waals surface area contributed by atoms with Gasteiger partial charge in [0.1, 0.15) is 0 Å². The molecule has 2 aromatic heterocycles. The molecule has 4 aromatic rings. The summed E-state index contributed by atoms with van der Waals surface area (Å²) < 4.78 is 0. The monoisotopic (exact) mass is 497 g/mol. The Balaban J connectivity index is 1.50. The molecule has 0 saturated heterocycles. The number of nitrogens with zero attached hydrogens (tertiary/aromatic N) is 3. The van der Waals surface area contributed by atoms with Crippen LogP contribution in [0.3, 0.4) is 0 Å². The van der Waals surface area contributed by atoms with E-state index in [4.69, 9.17) is 0 Å². The predicted octanol–water partition coefficient (Wildman–Crippen LogP) is 3.85. The van der Waals surface area contributed by atoms with Crippen LogP contribution in [0.1, 0.15) is 27.2 Å². The summed E-state index contributed by atoms with van der Waals surface area (Å²) in [6, 6.07) is 17.3. The smallest absolute Gasteiger partial charge is 0.251 e. The molecule has 2 amide bonds. The van der Waals surface area contributed by atoms with Crippen molar-refractivity contribution < 1.29 is 9.59 Å². The van der Waals surface area contributed by atoms with Crippen molar-refractivity contribution >= 4 is 28.8 Å². The molecule has 0 fully saturated rings. The maximum Gasteiger partial charge on any atom is 0.251 e. The fraction of sp³-hybridized carbons (Fsp3) is 0.214. The molecule has 0 unspecified atom stereocenters. The highest BCUT2D eigenvalue weighted by molar-refractivity contribution is 7.07. The van der Waals surface area contributed by atoms with Crippen LogP contribution in [0.25, 0.3) is 11.1 Å². The lowest BCUT2D eigenvalue weighted by molar-refractivity contribution is -0.120. The molecule has 2 aromatic carbocycles. The summed E-state index contributed by atoms with van der Waals surface area (Å²) in [7, 11) is 1.63. The van der Waals surface area contributed by atoms with Crippen LogP contribution in [0.2, 0.25) is 0 Å². The van der Waals surface area contributed by atoms with Crippen molar-refractivity contribution in [3.05, 3.63) is 100 Å². The zero-order chi connectivity index (χ0) is 24.9. The Morgan fingerprint density at radius 1 is 1.08 bits per heavy atom. The lowest BCUT2D eigenvalue weighted by Crippen LogP contribution is -2.47. The van der Waals surface area contributed by atoms with E-state index in [-0.39, 0.29) is 11.8 Å². The SMILES string of the molecule is CNC(=O)c1cc(-c2ccncc2)cc2c1CCN2C(=O)[C@H](Cc1ccccc1)NCc1cscn1. The minimum atomic E-state index is -0.437. The Bertz CT molecular complexity index is 1340. The highest BCUT2D eigenvalue weighted by Gasteiger charge is 2.33. The molecule has 0 radical (unpaired) electrons. The summed E-state index contributed by atoms with van der Waals surface area (Å²) in [6.07, 6.45) is 4.64. The van der Waals surface area contributed by atoms with Gasteiger partial charge in [-0.2, -0.15) is 0 Å². The fourth-order valence-electron chi connectivity index (χ4n) is 4.62. The van der Waals surface area contributed by atoms with Gasteiger partial charge in [-0.25, -0.2) is 4.98 Å². The summed E-state index contributed by atoms with van der Waals surface area (Å²) in [4.78, 5) is 37.1. The maximum absolute atomic E-state index is 14.0. The first-order valence-electron chi connectivity index (χ1n) is 11.9. The molecule has 1 aliphatic heterocycles. The van der Waals surface area contributed by atoms with Gasteiger partial charge in [0, 0.05) is 49.2 Å². The standard InChI is InChI=1S/C28H27N5O2S/c1-29-27(34)24-14-21(20-7-10-30-11-8-20)15-26-23(24)9-12-33(26)28(35)25(13-19-5-3-2-4-6-19)31-16-22-17-36-18-32-22/h2-8,10-11,14-15,17-18,25,31H,9,12-13,16H2,1H3,(H,29,34)/t25-/m0/s1. The molecule has 36 heavy (non-hydrogen) atoms. The van der Waals surface area contributed by atoms with E-state index < -0.39 is 6.04 Å². The largest absolute Gasteiger partial charge is 0.355 e. The number of carbonyl (C=O) groups excluding carboxylic acids is 2. The van der Waals surface area contributed by atoms with Gasteiger partial charge >= 0.3 is 0 Å². The summed E-state index contributed by atoms with van der Waals surface area (Å²) >= 11 is 1.54. The van der Waals surface area contributed by atoms with Crippen LogP contribution >= 0.6 is 11.3 Å². The van der Waals surface area contributed by atoms with E-state index in [2.05, 4.69) is 20.6 Å². The summed E-state index contributed by atoms with van der Waals surface area (Å²) in [5.74, 6) is -0.165. The van der Waals surface area contributed by atoms with Gasteiger partial charge in [-0.3, -0.25) is 19.9 Å². The zero-order valence-corrected chi connectivity index (χ0v) is 20.8. The second kappa shape index (κ2) is 10.8. The number of fused-ring (bicyclic) bond motifs is 1. The lowest BCUT2D eigenvalue weighted by atomic mass is 9.97. The summed E-state index contributed by atoms with van der Waals surface area (Å²) in [5.41, 5.74) is 7.91. The molecule has 0 bridgehead atoms. The van der Waals surface area contributed by atoms with Gasteiger partial charge in [-0.05, 0) is 59.4 Å². The van der Waals surface area contributed by atoms with Crippen LogP contribution in [0, 0.1) is 0 Å². The van der Waals surface area contributed by atoms with Gasteiger partial charge in [0.2, 0.25) is 5.91 Å². The van der Waals surface area contributed by atoms with Crippen LogP contribution in [-0.4, -0.2) is 41.4 Å². The Labute approximate surface area is 214 Å². The molecule has 0 saturated carbocycles. The molecule has 1 atom stereocenters. The highest BCUT2D eigenvalue weighted by Crippen LogP contribution is 2.36. The number of hydrogen-bond acceptors (Lipinski definition) is 6. The number of rotatable bonds is 8. The number of carbonyl (C=O) groups is 2. The number of thiazole rings is 1. The Kier molecular flexibility index (Phi) is 7.16. The van der Waals surface area contributed by atoms with Crippen molar-refractivity contribution in [1.29, 1.82) is 0 Å². The maximum atomic E-state index is 14.0. The zero-order valence-electron chi connectivity index (χ0n) is 20.0. The first-order chi connectivity index (χ1) is 17.6. The van der Waals surface area contributed by atoms with Crippen molar-refractivity contribution in [1.82, 2.24) is 20.6 Å². The van der Waals surface area contributed by atoms with E-state index in [1.54, 1.807) is 25.0 Å². The van der Waals surface area contributed by atoms with Gasteiger partial charge in [-0.15, -0.1) is 11.3 Å². The third kappa shape index (κ3) is 5.05. The number of aromatic nitrogens is 2. The lowest BCUT2D eigenvalue weighted by Gasteiger charge is -2.26. The summed E-state index contributed by atoms with van der Waals surface area (Å²) in [6.45, 7) is 1.04. The van der Waals surface area contributed by atoms with Crippen LogP contribution < -0.4 is 15.5 Å². The van der Waals surface area contributed by atoms with E-state index in [0.717, 1.165) is 33.6 Å². The predicted molar refractivity (Wildman–Crippen MR) is 142 cm³/mol. The van der Waals surface area contributed by atoms with Crippen molar-refractivity contribution in [3.8, 4) is 11.1 Å². The molecule has 7 nitrogen and oxygen atoms in total. The third-order valence-corrected chi connectivity index (χ3v) is 7.08. The average molecular weight is 498 g/mol. The van der Waals surface area contributed by atoms with Crippen LogP contribution in [0.5, 0.6) is 0 Å². The van der Waals surface area contributed by atoms with E-state index in [9.17, 15) is 9.59 Å². The summed E-state index contributed by atoms with van der Waals surface area (Å²) in [5, 5.41) is 8.18. The highest BCUT2D eigenvalue weighted by atomic mass is 32.1. The van der Waals surface area contributed by atoms with E-state index in [0.29, 0.717) is 31.5 Å². The van der Waals surface area contributed by atoms with Crippen molar-refractivity contribution in [2.45, 2.75) is 25.4 Å². The quantitative estimate of drug-likeness (QED) is 0.386. The van der Waals surface area contributed by atoms with Crippen molar-refractivity contribution in [3.63, 3.8) is 0 Å². The Morgan fingerprint density at radius 3 is 2.61 bits per heavy atom. The topological polar surface area (TPSA) is 87.2 Å². The minimum absolute atomic E-state index is 0.0115. The molecular formula is C28H27N5O2S. The van der Waals surface area contributed by atoms with Gasteiger partial charge in [0.05, 0.1) is 17.2 Å². The van der Waals surface area contributed by atoms with Gasteiger partial charge in [0.25, 0.3) is 5.91 Å². The van der Waals surface area contributed by atoms with Crippen LogP contribution in [0.15, 0.2) is 77.9 Å². The van der Waals surface area contributed by atoms with Gasteiger partial charge < -0.3 is 10.2 Å². The van der Waals surface area contributed by atoms with Gasteiger partial charge in [0.15, 0.2) is 0 Å². The van der Waals surface area contributed by atoms with E-state index >= 15 is 0 Å². The molecule has 2 N–H and O–H groups in total. The van der Waals surface area contributed by atoms with E-state index in [1.165, 1.54) is 11.3 Å². The Morgan fingerprint density at radius 2 is 1.89 bits per heavy atom.